The third-order valence-corrected chi connectivity index (χ3v) is 4.59. The summed E-state index contributed by atoms with van der Waals surface area (Å²) < 4.78 is 5.04. The van der Waals surface area contributed by atoms with Gasteiger partial charge >= 0.3 is 0 Å². The van der Waals surface area contributed by atoms with Crippen molar-refractivity contribution in [2.45, 2.75) is 18.9 Å². The van der Waals surface area contributed by atoms with Crippen LogP contribution in [-0.4, -0.2) is 48.1 Å². The van der Waals surface area contributed by atoms with Crippen LogP contribution in [0.4, 0.5) is 0 Å². The molecule has 1 fully saturated rings. The van der Waals surface area contributed by atoms with E-state index in [4.69, 9.17) is 4.74 Å². The summed E-state index contributed by atoms with van der Waals surface area (Å²) in [6.07, 6.45) is 1.36. The number of nitrogens with one attached hydrogen (secondary N) is 1. The summed E-state index contributed by atoms with van der Waals surface area (Å²) in [5.74, 6) is 0.108. The molecule has 0 atom stereocenters. The lowest BCUT2D eigenvalue weighted by molar-refractivity contribution is 0.0695. The van der Waals surface area contributed by atoms with Crippen LogP contribution in [0, 0.1) is 0 Å². The van der Waals surface area contributed by atoms with Crippen LogP contribution in [-0.2, 0) is 0 Å². The topological polar surface area (TPSA) is 78.9 Å². The van der Waals surface area contributed by atoms with E-state index in [-0.39, 0.29) is 29.2 Å². The molecule has 26 heavy (non-hydrogen) atoms. The molecule has 0 unspecified atom stereocenters. The molecular formula is C20H22N2O4. The Morgan fingerprint density at radius 2 is 1.81 bits per heavy atom. The molecule has 3 rings (SSSR count). The zero-order valence-electron chi connectivity index (χ0n) is 14.6. The smallest absolute Gasteiger partial charge is 0.257 e. The van der Waals surface area contributed by atoms with Crippen LogP contribution >= 0.6 is 0 Å². The molecule has 0 spiro atoms. The molecule has 0 aliphatic carbocycles. The van der Waals surface area contributed by atoms with Gasteiger partial charge in [0, 0.05) is 30.8 Å². The average molecular weight is 354 g/mol. The summed E-state index contributed by atoms with van der Waals surface area (Å²) in [5, 5.41) is 13.1. The minimum Gasteiger partial charge on any atom is -0.507 e. The number of methoxy groups -OCH3 is 1. The number of carbonyl (C=O) groups excluding carboxylic acids is 2. The van der Waals surface area contributed by atoms with Crippen LogP contribution in [0.15, 0.2) is 48.5 Å². The Morgan fingerprint density at radius 1 is 1.12 bits per heavy atom. The van der Waals surface area contributed by atoms with E-state index in [1.54, 1.807) is 29.2 Å². The number of piperidine rings is 1. The van der Waals surface area contributed by atoms with Crippen LogP contribution in [0.5, 0.6) is 11.5 Å². The first-order valence-corrected chi connectivity index (χ1v) is 8.60. The zero-order chi connectivity index (χ0) is 18.5. The molecule has 2 amide bonds. The number of phenols is 1. The van der Waals surface area contributed by atoms with Crippen molar-refractivity contribution in [2.75, 3.05) is 20.2 Å². The van der Waals surface area contributed by atoms with Gasteiger partial charge in [-0.3, -0.25) is 9.59 Å². The second-order valence-electron chi connectivity index (χ2n) is 6.29. The molecule has 2 aromatic carbocycles. The van der Waals surface area contributed by atoms with Gasteiger partial charge in [-0.15, -0.1) is 0 Å². The fourth-order valence-electron chi connectivity index (χ4n) is 3.07. The second kappa shape index (κ2) is 7.91. The molecule has 2 aromatic rings. The maximum absolute atomic E-state index is 12.6. The van der Waals surface area contributed by atoms with Gasteiger partial charge in [-0.25, -0.2) is 0 Å². The number of hydrogen-bond acceptors (Lipinski definition) is 4. The Labute approximate surface area is 152 Å². The van der Waals surface area contributed by atoms with E-state index in [0.29, 0.717) is 37.2 Å². The Hall–Kier alpha value is -3.02. The van der Waals surface area contributed by atoms with Crippen molar-refractivity contribution >= 4 is 11.8 Å². The van der Waals surface area contributed by atoms with Gasteiger partial charge in [-0.05, 0) is 37.1 Å². The normalized spacial score (nSPS) is 14.7. The first-order valence-electron chi connectivity index (χ1n) is 8.60. The van der Waals surface area contributed by atoms with E-state index in [1.807, 2.05) is 18.2 Å². The fourth-order valence-corrected chi connectivity index (χ4v) is 3.07. The summed E-state index contributed by atoms with van der Waals surface area (Å²) in [5.41, 5.74) is 0.895. The van der Waals surface area contributed by atoms with Crippen LogP contribution in [0.2, 0.25) is 0 Å². The fraction of sp³-hybridized carbons (Fsp3) is 0.300. The van der Waals surface area contributed by atoms with Crippen molar-refractivity contribution in [3.8, 4) is 11.5 Å². The highest BCUT2D eigenvalue weighted by atomic mass is 16.5. The molecule has 6 nitrogen and oxygen atoms in total. The molecule has 0 saturated carbocycles. The van der Waals surface area contributed by atoms with Crippen molar-refractivity contribution in [2.24, 2.45) is 0 Å². The van der Waals surface area contributed by atoms with Gasteiger partial charge in [0.2, 0.25) is 0 Å². The Kier molecular flexibility index (Phi) is 5.41. The zero-order valence-corrected chi connectivity index (χ0v) is 14.6. The largest absolute Gasteiger partial charge is 0.507 e. The van der Waals surface area contributed by atoms with Crippen molar-refractivity contribution in [1.29, 1.82) is 0 Å². The van der Waals surface area contributed by atoms with E-state index in [9.17, 15) is 14.7 Å². The third-order valence-electron chi connectivity index (χ3n) is 4.59. The van der Waals surface area contributed by atoms with Crippen molar-refractivity contribution in [3.63, 3.8) is 0 Å². The van der Waals surface area contributed by atoms with Gasteiger partial charge < -0.3 is 20.1 Å². The molecule has 1 aliphatic rings. The monoisotopic (exact) mass is 354 g/mol. The lowest BCUT2D eigenvalue weighted by atomic mass is 10.0. The average Bonchev–Trinajstić information content (AvgIpc) is 2.68. The quantitative estimate of drug-likeness (QED) is 0.884. The second-order valence-corrected chi connectivity index (χ2v) is 6.29. The van der Waals surface area contributed by atoms with E-state index in [2.05, 4.69) is 5.32 Å². The highest BCUT2D eigenvalue weighted by Gasteiger charge is 2.26. The highest BCUT2D eigenvalue weighted by molar-refractivity contribution is 5.97. The van der Waals surface area contributed by atoms with Gasteiger partial charge in [-0.2, -0.15) is 0 Å². The number of aromatic hydroxyl groups is 1. The summed E-state index contributed by atoms with van der Waals surface area (Å²) in [6.45, 7) is 1.06. The SMILES string of the molecule is COc1ccc(C(=O)N2CCC(NC(=O)c3ccccc3)CC2)c(O)c1. The van der Waals surface area contributed by atoms with E-state index in [1.165, 1.54) is 13.2 Å². The van der Waals surface area contributed by atoms with Crippen molar-refractivity contribution in [3.05, 3.63) is 59.7 Å². The predicted octanol–water partition coefficient (Wildman–Crippen LogP) is 2.44. The maximum Gasteiger partial charge on any atom is 0.257 e. The number of ether oxygens (including phenoxy) is 1. The first kappa shape index (κ1) is 17.8. The minimum absolute atomic E-state index is 0.0382. The van der Waals surface area contributed by atoms with Gasteiger partial charge in [0.05, 0.1) is 12.7 Å². The number of hydrogen-bond donors (Lipinski definition) is 2. The molecule has 6 heteroatoms. The standard InChI is InChI=1S/C20H22N2O4/c1-26-16-7-8-17(18(23)13-16)20(25)22-11-9-15(10-12-22)21-19(24)14-5-3-2-4-6-14/h2-8,13,15,23H,9-12H2,1H3,(H,21,24). The van der Waals surface area contributed by atoms with Crippen LogP contribution in [0.25, 0.3) is 0 Å². The summed E-state index contributed by atoms with van der Waals surface area (Å²) in [7, 11) is 1.50. The van der Waals surface area contributed by atoms with Gasteiger partial charge in [0.15, 0.2) is 0 Å². The van der Waals surface area contributed by atoms with Gasteiger partial charge in [-0.1, -0.05) is 18.2 Å². The number of benzene rings is 2. The molecule has 1 aliphatic heterocycles. The predicted molar refractivity (Wildman–Crippen MR) is 97.5 cm³/mol. The van der Waals surface area contributed by atoms with Crippen LogP contribution in [0.1, 0.15) is 33.6 Å². The minimum atomic E-state index is -0.210. The molecule has 0 bridgehead atoms. The van der Waals surface area contributed by atoms with Gasteiger partial charge in [0.25, 0.3) is 11.8 Å². The van der Waals surface area contributed by atoms with Crippen LogP contribution < -0.4 is 10.1 Å². The molecule has 1 heterocycles. The number of phenolic OH excluding ortho intramolecular Hbond substituents is 1. The third kappa shape index (κ3) is 3.96. The summed E-state index contributed by atoms with van der Waals surface area (Å²) in [4.78, 5) is 26.5. The molecule has 136 valence electrons. The Balaban J connectivity index is 1.56. The van der Waals surface area contributed by atoms with E-state index >= 15 is 0 Å². The number of likely N-dealkylation sites (tertiary alicyclic amines) is 1. The Bertz CT molecular complexity index is 784. The number of nitrogens with zero attached hydrogens (tertiary/aromatic N) is 1. The first-order chi connectivity index (χ1) is 12.6. The highest BCUT2D eigenvalue weighted by Crippen LogP contribution is 2.25. The lowest BCUT2D eigenvalue weighted by Crippen LogP contribution is -2.46. The number of carbonyl (C=O) groups is 2. The molecule has 0 radical (unpaired) electrons. The van der Waals surface area contributed by atoms with Crippen molar-refractivity contribution < 1.29 is 19.4 Å². The van der Waals surface area contributed by atoms with Crippen LogP contribution in [0.3, 0.4) is 0 Å². The lowest BCUT2D eigenvalue weighted by Gasteiger charge is -2.32. The van der Waals surface area contributed by atoms with E-state index < -0.39 is 0 Å². The summed E-state index contributed by atoms with van der Waals surface area (Å²) >= 11 is 0. The molecular weight excluding hydrogens is 332 g/mol. The number of amides is 2. The van der Waals surface area contributed by atoms with E-state index in [0.717, 1.165) is 0 Å². The molecule has 1 saturated heterocycles. The molecule has 0 aromatic heterocycles. The summed E-state index contributed by atoms with van der Waals surface area (Å²) in [6, 6.07) is 13.8. The van der Waals surface area contributed by atoms with Crippen molar-refractivity contribution in [1.82, 2.24) is 10.2 Å². The molecule has 2 N–H and O–H groups in total. The Morgan fingerprint density at radius 3 is 2.42 bits per heavy atom. The number of rotatable bonds is 4. The maximum atomic E-state index is 12.6. The van der Waals surface area contributed by atoms with Gasteiger partial charge in [0.1, 0.15) is 11.5 Å².